The summed E-state index contributed by atoms with van der Waals surface area (Å²) >= 11 is 0. The van der Waals surface area contributed by atoms with E-state index in [0.29, 0.717) is 5.69 Å². The Labute approximate surface area is 148 Å². The van der Waals surface area contributed by atoms with E-state index < -0.39 is 10.0 Å². The molecule has 0 bridgehead atoms. The van der Waals surface area contributed by atoms with E-state index in [1.807, 2.05) is 37.3 Å². The summed E-state index contributed by atoms with van der Waals surface area (Å²) < 4.78 is 27.4. The van der Waals surface area contributed by atoms with E-state index in [1.54, 1.807) is 18.2 Å². The molecule has 0 spiro atoms. The van der Waals surface area contributed by atoms with E-state index in [9.17, 15) is 13.2 Å². The molecule has 2 aromatic carbocycles. The number of carbonyl (C=O) groups is 1. The molecule has 1 saturated carbocycles. The van der Waals surface area contributed by atoms with Crippen LogP contribution in [0.4, 0.5) is 5.69 Å². The lowest BCUT2D eigenvalue weighted by Crippen LogP contribution is -2.23. The highest BCUT2D eigenvalue weighted by atomic mass is 32.2. The quantitative estimate of drug-likeness (QED) is 0.799. The number of amides is 1. The first-order chi connectivity index (χ1) is 12.0. The maximum Gasteiger partial charge on any atom is 0.240 e. The first-order valence-electron chi connectivity index (χ1n) is 8.46. The predicted octanol–water partition coefficient (Wildman–Crippen LogP) is 3.08. The predicted molar refractivity (Wildman–Crippen MR) is 97.6 cm³/mol. The fourth-order valence-electron chi connectivity index (χ4n) is 2.51. The Hall–Kier alpha value is -2.18. The molecule has 5 nitrogen and oxygen atoms in total. The molecule has 6 heteroatoms. The van der Waals surface area contributed by atoms with Crippen molar-refractivity contribution in [2.45, 2.75) is 37.6 Å². The van der Waals surface area contributed by atoms with E-state index in [-0.39, 0.29) is 23.3 Å². The van der Waals surface area contributed by atoms with Crippen LogP contribution in [0.5, 0.6) is 0 Å². The van der Waals surface area contributed by atoms with Crippen LogP contribution < -0.4 is 10.0 Å². The Morgan fingerprint density at radius 2 is 1.80 bits per heavy atom. The van der Waals surface area contributed by atoms with Crippen molar-refractivity contribution < 1.29 is 13.2 Å². The van der Waals surface area contributed by atoms with Gasteiger partial charge in [-0.15, -0.1) is 0 Å². The van der Waals surface area contributed by atoms with Crippen LogP contribution in [-0.2, 0) is 27.8 Å². The van der Waals surface area contributed by atoms with Crippen LogP contribution in [0.25, 0.3) is 0 Å². The van der Waals surface area contributed by atoms with Crippen LogP contribution in [0.15, 0.2) is 53.4 Å². The van der Waals surface area contributed by atoms with Gasteiger partial charge >= 0.3 is 0 Å². The van der Waals surface area contributed by atoms with Crippen molar-refractivity contribution in [3.63, 3.8) is 0 Å². The lowest BCUT2D eigenvalue weighted by atomic mass is 10.2. The molecular formula is C19H22N2O3S. The molecule has 1 aliphatic carbocycles. The number of carbonyl (C=O) groups excluding carboxylic acids is 1. The highest BCUT2D eigenvalue weighted by Gasteiger charge is 2.29. The third kappa shape index (κ3) is 4.67. The number of anilines is 1. The van der Waals surface area contributed by atoms with Gasteiger partial charge in [-0.05, 0) is 54.7 Å². The number of hydrogen-bond donors (Lipinski definition) is 2. The lowest BCUT2D eigenvalue weighted by Gasteiger charge is -2.09. The van der Waals surface area contributed by atoms with Gasteiger partial charge < -0.3 is 5.32 Å². The molecule has 0 heterocycles. The summed E-state index contributed by atoms with van der Waals surface area (Å²) in [5.41, 5.74) is 2.58. The van der Waals surface area contributed by atoms with Crippen LogP contribution in [0.2, 0.25) is 0 Å². The summed E-state index contributed by atoms with van der Waals surface area (Å²) in [6.07, 6.45) is 2.76. The maximum absolute atomic E-state index is 12.4. The van der Waals surface area contributed by atoms with Gasteiger partial charge in [0.2, 0.25) is 15.9 Å². The van der Waals surface area contributed by atoms with E-state index >= 15 is 0 Å². The molecule has 2 aromatic rings. The molecule has 0 atom stereocenters. The summed E-state index contributed by atoms with van der Waals surface area (Å²) in [5.74, 6) is 0.169. The third-order valence-corrected chi connectivity index (χ3v) is 5.67. The van der Waals surface area contributed by atoms with Gasteiger partial charge in [-0.3, -0.25) is 4.79 Å². The fraction of sp³-hybridized carbons (Fsp3) is 0.316. The Morgan fingerprint density at radius 1 is 1.08 bits per heavy atom. The summed E-state index contributed by atoms with van der Waals surface area (Å²) in [6.45, 7) is 2.20. The van der Waals surface area contributed by atoms with Gasteiger partial charge in [0, 0.05) is 18.2 Å². The highest BCUT2D eigenvalue weighted by Crippen LogP contribution is 2.30. The molecule has 0 saturated heterocycles. The zero-order valence-electron chi connectivity index (χ0n) is 14.2. The van der Waals surface area contributed by atoms with E-state index in [2.05, 4.69) is 10.0 Å². The van der Waals surface area contributed by atoms with Gasteiger partial charge in [0.25, 0.3) is 0 Å². The van der Waals surface area contributed by atoms with E-state index in [0.717, 1.165) is 30.4 Å². The standard InChI is InChI=1S/C19H22N2O3S/c1-2-14-6-10-18(11-7-14)25(23,24)20-13-15-4-3-5-17(12-15)21-19(22)16-8-9-16/h3-7,10-12,16,20H,2,8-9,13H2,1H3,(H,21,22). The average Bonchev–Trinajstić information content (AvgIpc) is 3.46. The number of aryl methyl sites for hydroxylation is 1. The summed E-state index contributed by atoms with van der Waals surface area (Å²) in [5, 5.41) is 2.87. The van der Waals surface area contributed by atoms with Crippen LogP contribution in [0, 0.1) is 5.92 Å². The van der Waals surface area contributed by atoms with Crippen molar-refractivity contribution in [3.8, 4) is 0 Å². The number of sulfonamides is 1. The smallest absolute Gasteiger partial charge is 0.240 e. The highest BCUT2D eigenvalue weighted by molar-refractivity contribution is 7.89. The number of benzene rings is 2. The molecule has 0 aromatic heterocycles. The third-order valence-electron chi connectivity index (χ3n) is 4.25. The minimum atomic E-state index is -3.56. The molecular weight excluding hydrogens is 336 g/mol. The molecule has 132 valence electrons. The van der Waals surface area contributed by atoms with Crippen LogP contribution in [0.3, 0.4) is 0 Å². The maximum atomic E-state index is 12.4. The van der Waals surface area contributed by atoms with Gasteiger partial charge in [0.05, 0.1) is 4.90 Å². The largest absolute Gasteiger partial charge is 0.326 e. The normalized spacial score (nSPS) is 14.3. The molecule has 1 amide bonds. The second-order valence-electron chi connectivity index (χ2n) is 6.29. The lowest BCUT2D eigenvalue weighted by molar-refractivity contribution is -0.117. The molecule has 0 aliphatic heterocycles. The van der Waals surface area contributed by atoms with Gasteiger partial charge in [0.15, 0.2) is 0 Å². The fourth-order valence-corrected chi connectivity index (χ4v) is 3.53. The minimum Gasteiger partial charge on any atom is -0.326 e. The van der Waals surface area contributed by atoms with Crippen LogP contribution >= 0.6 is 0 Å². The monoisotopic (exact) mass is 358 g/mol. The zero-order valence-corrected chi connectivity index (χ0v) is 15.0. The van der Waals surface area contributed by atoms with Gasteiger partial charge in [-0.2, -0.15) is 0 Å². The SMILES string of the molecule is CCc1ccc(S(=O)(=O)NCc2cccc(NC(=O)C3CC3)c2)cc1. The Morgan fingerprint density at radius 3 is 2.44 bits per heavy atom. The first-order valence-corrected chi connectivity index (χ1v) is 9.94. The minimum absolute atomic E-state index is 0.0359. The summed E-state index contributed by atoms with van der Waals surface area (Å²) in [6, 6.07) is 14.1. The van der Waals surface area contributed by atoms with Crippen LogP contribution in [0.1, 0.15) is 30.9 Å². The van der Waals surface area contributed by atoms with Crippen molar-refractivity contribution >= 4 is 21.6 Å². The number of nitrogens with one attached hydrogen (secondary N) is 2. The van der Waals surface area contributed by atoms with Gasteiger partial charge in [0.1, 0.15) is 0 Å². The molecule has 25 heavy (non-hydrogen) atoms. The zero-order chi connectivity index (χ0) is 17.9. The van der Waals surface area contributed by atoms with Crippen molar-refractivity contribution in [2.24, 2.45) is 5.92 Å². The second kappa shape index (κ2) is 7.37. The van der Waals surface area contributed by atoms with Crippen molar-refractivity contribution in [1.29, 1.82) is 0 Å². The van der Waals surface area contributed by atoms with E-state index in [1.165, 1.54) is 0 Å². The van der Waals surface area contributed by atoms with Crippen molar-refractivity contribution in [3.05, 3.63) is 59.7 Å². The molecule has 3 rings (SSSR count). The Kier molecular flexibility index (Phi) is 5.20. The summed E-state index contributed by atoms with van der Waals surface area (Å²) in [7, 11) is -3.56. The van der Waals surface area contributed by atoms with Crippen molar-refractivity contribution in [2.75, 3.05) is 5.32 Å². The van der Waals surface area contributed by atoms with E-state index in [4.69, 9.17) is 0 Å². The molecule has 0 unspecified atom stereocenters. The Balaban J connectivity index is 1.64. The number of hydrogen-bond acceptors (Lipinski definition) is 3. The molecule has 2 N–H and O–H groups in total. The molecule has 1 fully saturated rings. The van der Waals surface area contributed by atoms with Gasteiger partial charge in [-0.1, -0.05) is 31.2 Å². The van der Waals surface area contributed by atoms with Gasteiger partial charge in [-0.25, -0.2) is 13.1 Å². The topological polar surface area (TPSA) is 75.3 Å². The molecule has 1 aliphatic rings. The Bertz CT molecular complexity index is 856. The summed E-state index contributed by atoms with van der Waals surface area (Å²) in [4.78, 5) is 12.1. The first kappa shape index (κ1) is 17.6. The number of rotatable bonds is 7. The average molecular weight is 358 g/mol. The van der Waals surface area contributed by atoms with Crippen molar-refractivity contribution in [1.82, 2.24) is 4.72 Å². The van der Waals surface area contributed by atoms with Crippen LogP contribution in [-0.4, -0.2) is 14.3 Å². The molecule has 0 radical (unpaired) electrons. The second-order valence-corrected chi connectivity index (χ2v) is 8.05.